The summed E-state index contributed by atoms with van der Waals surface area (Å²) >= 11 is 0. The molecule has 19 heavy (non-hydrogen) atoms. The number of aromatic nitrogens is 2. The predicted octanol–water partition coefficient (Wildman–Crippen LogP) is 3.38. The molecule has 1 aliphatic rings. The average molecular weight is 255 g/mol. The van der Waals surface area contributed by atoms with Gasteiger partial charge in [-0.05, 0) is 26.7 Å². The van der Waals surface area contributed by atoms with Crippen molar-refractivity contribution >= 4 is 0 Å². The van der Waals surface area contributed by atoms with Gasteiger partial charge in [-0.25, -0.2) is 0 Å². The minimum atomic E-state index is 0.380. The van der Waals surface area contributed by atoms with Crippen LogP contribution >= 0.6 is 0 Å². The topological polar surface area (TPSA) is 29.9 Å². The van der Waals surface area contributed by atoms with Crippen molar-refractivity contribution in [3.05, 3.63) is 42.1 Å². The second-order valence-electron chi connectivity index (χ2n) is 5.58. The van der Waals surface area contributed by atoms with Crippen molar-refractivity contribution in [1.82, 2.24) is 15.1 Å². The zero-order chi connectivity index (χ0) is 13.2. The molecule has 1 fully saturated rings. The molecule has 3 nitrogen and oxygen atoms in total. The van der Waals surface area contributed by atoms with Gasteiger partial charge in [0.15, 0.2) is 0 Å². The van der Waals surface area contributed by atoms with Crippen LogP contribution in [0.25, 0.3) is 11.3 Å². The zero-order valence-electron chi connectivity index (χ0n) is 11.6. The van der Waals surface area contributed by atoms with E-state index in [1.807, 2.05) is 6.20 Å². The fraction of sp³-hybridized carbons (Fsp3) is 0.438. The van der Waals surface area contributed by atoms with Gasteiger partial charge in [-0.15, -0.1) is 0 Å². The number of nitrogens with one attached hydrogen (secondary N) is 1. The summed E-state index contributed by atoms with van der Waals surface area (Å²) in [5, 5.41) is 8.15. The van der Waals surface area contributed by atoms with Crippen molar-refractivity contribution in [3.63, 3.8) is 0 Å². The summed E-state index contributed by atoms with van der Waals surface area (Å²) in [5.41, 5.74) is 3.80. The molecule has 0 atom stereocenters. The lowest BCUT2D eigenvalue weighted by molar-refractivity contribution is 0.538. The third-order valence-corrected chi connectivity index (χ3v) is 3.57. The van der Waals surface area contributed by atoms with E-state index in [0.717, 1.165) is 12.6 Å². The first-order valence-electron chi connectivity index (χ1n) is 7.11. The molecule has 1 N–H and O–H groups in total. The Morgan fingerprint density at radius 3 is 2.63 bits per heavy atom. The number of hydrogen-bond donors (Lipinski definition) is 1. The highest BCUT2D eigenvalue weighted by Gasteiger charge is 2.22. The Hall–Kier alpha value is -1.61. The van der Waals surface area contributed by atoms with Gasteiger partial charge in [0.2, 0.25) is 0 Å². The van der Waals surface area contributed by atoms with Crippen molar-refractivity contribution in [3.8, 4) is 11.3 Å². The van der Waals surface area contributed by atoms with Crippen LogP contribution in [0.5, 0.6) is 0 Å². The van der Waals surface area contributed by atoms with Gasteiger partial charge in [0.05, 0.1) is 11.9 Å². The Morgan fingerprint density at radius 1 is 1.26 bits per heavy atom. The molecule has 0 saturated heterocycles. The van der Waals surface area contributed by atoms with E-state index in [4.69, 9.17) is 0 Å². The highest BCUT2D eigenvalue weighted by Crippen LogP contribution is 2.27. The quantitative estimate of drug-likeness (QED) is 0.887. The van der Waals surface area contributed by atoms with E-state index in [-0.39, 0.29) is 0 Å². The van der Waals surface area contributed by atoms with Crippen LogP contribution in [0.2, 0.25) is 0 Å². The lowest BCUT2D eigenvalue weighted by Crippen LogP contribution is -2.16. The maximum absolute atomic E-state index is 4.57. The molecule has 1 saturated carbocycles. The molecule has 1 aromatic heterocycles. The van der Waals surface area contributed by atoms with E-state index in [1.54, 1.807) is 0 Å². The first-order valence-corrected chi connectivity index (χ1v) is 7.11. The summed E-state index contributed by atoms with van der Waals surface area (Å²) in [4.78, 5) is 0. The SMILES string of the molecule is CC(C)n1ncc(CNC2CC2)c1-c1ccccc1. The first kappa shape index (κ1) is 12.4. The van der Waals surface area contributed by atoms with Crippen LogP contribution in [0.1, 0.15) is 38.3 Å². The molecule has 2 aromatic rings. The molecule has 1 aliphatic carbocycles. The van der Waals surface area contributed by atoms with Gasteiger partial charge in [0, 0.05) is 29.8 Å². The van der Waals surface area contributed by atoms with Gasteiger partial charge in [0.25, 0.3) is 0 Å². The molecule has 1 aromatic carbocycles. The van der Waals surface area contributed by atoms with Gasteiger partial charge < -0.3 is 5.32 Å². The standard InChI is InChI=1S/C16H21N3/c1-12(2)19-16(13-6-4-3-5-7-13)14(11-18-19)10-17-15-8-9-15/h3-7,11-12,15,17H,8-10H2,1-2H3. The van der Waals surface area contributed by atoms with Gasteiger partial charge in [-0.1, -0.05) is 30.3 Å². The lowest BCUT2D eigenvalue weighted by atomic mass is 10.1. The summed E-state index contributed by atoms with van der Waals surface area (Å²) in [6.07, 6.45) is 4.65. The summed E-state index contributed by atoms with van der Waals surface area (Å²) in [6, 6.07) is 11.7. The van der Waals surface area contributed by atoms with Crippen molar-refractivity contribution in [2.75, 3.05) is 0 Å². The van der Waals surface area contributed by atoms with Crippen LogP contribution in [0.4, 0.5) is 0 Å². The molecule has 0 unspecified atom stereocenters. The van der Waals surface area contributed by atoms with E-state index in [9.17, 15) is 0 Å². The number of rotatable bonds is 5. The van der Waals surface area contributed by atoms with Gasteiger partial charge in [-0.3, -0.25) is 4.68 Å². The third-order valence-electron chi connectivity index (χ3n) is 3.57. The number of hydrogen-bond acceptors (Lipinski definition) is 2. The molecule has 0 radical (unpaired) electrons. The molecular weight excluding hydrogens is 234 g/mol. The fourth-order valence-corrected chi connectivity index (χ4v) is 2.37. The van der Waals surface area contributed by atoms with Crippen LogP contribution in [-0.2, 0) is 6.54 Å². The van der Waals surface area contributed by atoms with Crippen molar-refractivity contribution < 1.29 is 0 Å². The van der Waals surface area contributed by atoms with Gasteiger partial charge in [-0.2, -0.15) is 5.10 Å². The Labute approximate surface area is 114 Å². The van der Waals surface area contributed by atoms with Crippen LogP contribution in [0, 0.1) is 0 Å². The van der Waals surface area contributed by atoms with Crippen molar-refractivity contribution in [2.24, 2.45) is 0 Å². The molecular formula is C16H21N3. The van der Waals surface area contributed by atoms with E-state index < -0.39 is 0 Å². The van der Waals surface area contributed by atoms with E-state index in [2.05, 4.69) is 59.3 Å². The smallest absolute Gasteiger partial charge is 0.0730 e. The van der Waals surface area contributed by atoms with Gasteiger partial charge >= 0.3 is 0 Å². The number of nitrogens with zero attached hydrogens (tertiary/aromatic N) is 2. The van der Waals surface area contributed by atoms with Crippen LogP contribution in [0.3, 0.4) is 0 Å². The summed E-state index contributed by atoms with van der Waals surface area (Å²) < 4.78 is 2.12. The largest absolute Gasteiger partial charge is 0.310 e. The minimum Gasteiger partial charge on any atom is -0.310 e. The van der Waals surface area contributed by atoms with Crippen LogP contribution < -0.4 is 5.32 Å². The summed E-state index contributed by atoms with van der Waals surface area (Å²) in [5.74, 6) is 0. The van der Waals surface area contributed by atoms with Gasteiger partial charge in [0.1, 0.15) is 0 Å². The molecule has 0 amide bonds. The second-order valence-corrected chi connectivity index (χ2v) is 5.58. The maximum Gasteiger partial charge on any atom is 0.0730 e. The van der Waals surface area contributed by atoms with Crippen molar-refractivity contribution in [2.45, 2.75) is 45.3 Å². The second kappa shape index (κ2) is 5.17. The Balaban J connectivity index is 1.94. The van der Waals surface area contributed by atoms with E-state index in [0.29, 0.717) is 6.04 Å². The normalized spacial score (nSPS) is 15.1. The Morgan fingerprint density at radius 2 is 2.00 bits per heavy atom. The van der Waals surface area contributed by atoms with Crippen LogP contribution in [0.15, 0.2) is 36.5 Å². The molecule has 3 rings (SSSR count). The highest BCUT2D eigenvalue weighted by molar-refractivity contribution is 5.63. The molecule has 100 valence electrons. The summed E-state index contributed by atoms with van der Waals surface area (Å²) in [6.45, 7) is 5.27. The molecule has 0 aliphatic heterocycles. The monoisotopic (exact) mass is 255 g/mol. The van der Waals surface area contributed by atoms with E-state index >= 15 is 0 Å². The third kappa shape index (κ3) is 2.71. The van der Waals surface area contributed by atoms with E-state index in [1.165, 1.54) is 29.7 Å². The molecule has 0 bridgehead atoms. The molecule has 1 heterocycles. The Kier molecular flexibility index (Phi) is 3.38. The lowest BCUT2D eigenvalue weighted by Gasteiger charge is -2.13. The number of benzene rings is 1. The Bertz CT molecular complexity index is 538. The molecule has 0 spiro atoms. The predicted molar refractivity (Wildman–Crippen MR) is 77.9 cm³/mol. The maximum atomic E-state index is 4.57. The minimum absolute atomic E-state index is 0.380. The summed E-state index contributed by atoms with van der Waals surface area (Å²) in [7, 11) is 0. The molecule has 3 heteroatoms. The zero-order valence-corrected chi connectivity index (χ0v) is 11.6. The fourth-order valence-electron chi connectivity index (χ4n) is 2.37. The van der Waals surface area contributed by atoms with Crippen LogP contribution in [-0.4, -0.2) is 15.8 Å². The average Bonchev–Trinajstić information content (AvgIpc) is 3.15. The van der Waals surface area contributed by atoms with Crippen molar-refractivity contribution in [1.29, 1.82) is 0 Å². The highest BCUT2D eigenvalue weighted by atomic mass is 15.3. The first-order chi connectivity index (χ1) is 9.25.